The van der Waals surface area contributed by atoms with E-state index >= 15 is 0 Å². The average molecular weight is 280 g/mol. The summed E-state index contributed by atoms with van der Waals surface area (Å²) in [5, 5.41) is 8.55. The number of benzene rings is 1. The number of carbonyl (C=O) groups excluding carboxylic acids is 1. The molecule has 1 aromatic carbocycles. The molecule has 0 aromatic heterocycles. The van der Waals surface area contributed by atoms with Gasteiger partial charge in [0.05, 0.1) is 13.0 Å². The molecule has 4 nitrogen and oxygen atoms in total. The van der Waals surface area contributed by atoms with E-state index in [9.17, 15) is 14.0 Å². The topological polar surface area (TPSA) is 63.6 Å². The molecule has 0 fully saturated rings. The zero-order valence-corrected chi connectivity index (χ0v) is 11.3. The number of carbonyl (C=O) groups is 2. The Morgan fingerprint density at radius 2 is 2.15 bits per heavy atom. The molecule has 0 bridgehead atoms. The maximum Gasteiger partial charge on any atom is 0.309 e. The summed E-state index contributed by atoms with van der Waals surface area (Å²) in [5.74, 6) is -1.73. The third-order valence-electron chi connectivity index (χ3n) is 2.59. The SMILES string of the molecule is CCOC(=O)CC=Cc1ccc(CCC(=O)O)c(F)c1. The van der Waals surface area contributed by atoms with Crippen molar-refractivity contribution in [3.05, 3.63) is 41.2 Å². The first-order valence-electron chi connectivity index (χ1n) is 6.35. The van der Waals surface area contributed by atoms with Gasteiger partial charge in [0, 0.05) is 6.42 Å². The van der Waals surface area contributed by atoms with Gasteiger partial charge in [0.1, 0.15) is 5.82 Å². The van der Waals surface area contributed by atoms with Crippen LogP contribution in [0.25, 0.3) is 6.08 Å². The summed E-state index contributed by atoms with van der Waals surface area (Å²) in [4.78, 5) is 21.5. The van der Waals surface area contributed by atoms with Gasteiger partial charge in [-0.15, -0.1) is 0 Å². The highest BCUT2D eigenvalue weighted by atomic mass is 19.1. The second kappa shape index (κ2) is 8.09. The molecule has 0 aliphatic rings. The van der Waals surface area contributed by atoms with Crippen LogP contribution in [0.4, 0.5) is 4.39 Å². The summed E-state index contributed by atoms with van der Waals surface area (Å²) < 4.78 is 18.4. The van der Waals surface area contributed by atoms with E-state index in [1.54, 1.807) is 31.2 Å². The van der Waals surface area contributed by atoms with Gasteiger partial charge in [-0.25, -0.2) is 4.39 Å². The molecule has 0 amide bonds. The normalized spacial score (nSPS) is 10.7. The highest BCUT2D eigenvalue weighted by molar-refractivity contribution is 5.72. The molecule has 0 saturated carbocycles. The van der Waals surface area contributed by atoms with Crippen LogP contribution in [0.3, 0.4) is 0 Å². The van der Waals surface area contributed by atoms with E-state index in [0.29, 0.717) is 17.7 Å². The van der Waals surface area contributed by atoms with Crippen LogP contribution in [0.15, 0.2) is 24.3 Å². The minimum atomic E-state index is -0.956. The van der Waals surface area contributed by atoms with Crippen molar-refractivity contribution in [3.63, 3.8) is 0 Å². The lowest BCUT2D eigenvalue weighted by Gasteiger charge is -2.02. The fraction of sp³-hybridized carbons (Fsp3) is 0.333. The number of esters is 1. The van der Waals surface area contributed by atoms with Gasteiger partial charge in [-0.2, -0.15) is 0 Å². The van der Waals surface area contributed by atoms with Crippen LogP contribution < -0.4 is 0 Å². The first kappa shape index (κ1) is 15.9. The van der Waals surface area contributed by atoms with Gasteiger partial charge in [-0.05, 0) is 30.5 Å². The zero-order valence-electron chi connectivity index (χ0n) is 11.3. The van der Waals surface area contributed by atoms with Gasteiger partial charge >= 0.3 is 11.9 Å². The van der Waals surface area contributed by atoms with E-state index in [-0.39, 0.29) is 25.2 Å². The number of hydrogen-bond acceptors (Lipinski definition) is 3. The van der Waals surface area contributed by atoms with Gasteiger partial charge in [0.2, 0.25) is 0 Å². The van der Waals surface area contributed by atoms with Crippen LogP contribution in [0.5, 0.6) is 0 Å². The number of ether oxygens (including phenoxy) is 1. The van der Waals surface area contributed by atoms with Crippen molar-refractivity contribution in [1.82, 2.24) is 0 Å². The lowest BCUT2D eigenvalue weighted by molar-refractivity contribution is -0.142. The highest BCUT2D eigenvalue weighted by Gasteiger charge is 2.05. The molecule has 0 spiro atoms. The number of halogens is 1. The second-order valence-electron chi connectivity index (χ2n) is 4.16. The van der Waals surface area contributed by atoms with Crippen LogP contribution in [0.2, 0.25) is 0 Å². The Balaban J connectivity index is 2.60. The van der Waals surface area contributed by atoms with Crippen LogP contribution in [-0.2, 0) is 20.7 Å². The van der Waals surface area contributed by atoms with E-state index < -0.39 is 11.8 Å². The Morgan fingerprint density at radius 3 is 2.75 bits per heavy atom. The summed E-state index contributed by atoms with van der Waals surface area (Å²) in [6, 6.07) is 4.56. The Kier molecular flexibility index (Phi) is 6.43. The Labute approximate surface area is 116 Å². The number of rotatable bonds is 7. The Hall–Kier alpha value is -2.17. The molecule has 1 rings (SSSR count). The molecule has 1 N–H and O–H groups in total. The Morgan fingerprint density at radius 1 is 1.40 bits per heavy atom. The summed E-state index contributed by atoms with van der Waals surface area (Å²) >= 11 is 0. The Bertz CT molecular complexity index is 509. The fourth-order valence-electron chi connectivity index (χ4n) is 1.62. The molecule has 0 atom stereocenters. The van der Waals surface area contributed by atoms with Gasteiger partial charge < -0.3 is 9.84 Å². The smallest absolute Gasteiger partial charge is 0.309 e. The molecular weight excluding hydrogens is 263 g/mol. The summed E-state index contributed by atoms with van der Waals surface area (Å²) in [5.41, 5.74) is 0.987. The maximum absolute atomic E-state index is 13.7. The maximum atomic E-state index is 13.7. The average Bonchev–Trinajstić information content (AvgIpc) is 2.38. The highest BCUT2D eigenvalue weighted by Crippen LogP contribution is 2.14. The number of aryl methyl sites for hydroxylation is 1. The number of hydrogen-bond donors (Lipinski definition) is 1. The molecule has 5 heteroatoms. The van der Waals surface area contributed by atoms with Crippen molar-refractivity contribution >= 4 is 18.0 Å². The molecule has 20 heavy (non-hydrogen) atoms. The minimum absolute atomic E-state index is 0.102. The number of carboxylic acid groups (broad SMARTS) is 1. The van der Waals surface area contributed by atoms with E-state index in [1.807, 2.05) is 0 Å². The summed E-state index contributed by atoms with van der Waals surface area (Å²) in [6.45, 7) is 2.06. The third-order valence-corrected chi connectivity index (χ3v) is 2.59. The number of aliphatic carboxylic acids is 1. The molecule has 0 radical (unpaired) electrons. The summed E-state index contributed by atoms with van der Waals surface area (Å²) in [7, 11) is 0. The van der Waals surface area contributed by atoms with Crippen LogP contribution in [-0.4, -0.2) is 23.7 Å². The van der Waals surface area contributed by atoms with Crippen molar-refractivity contribution in [2.75, 3.05) is 6.61 Å². The van der Waals surface area contributed by atoms with Gasteiger partial charge in [0.15, 0.2) is 0 Å². The predicted octanol–water partition coefficient (Wildman–Crippen LogP) is 2.81. The number of carboxylic acids is 1. The van der Waals surface area contributed by atoms with Crippen LogP contribution in [0.1, 0.15) is 30.9 Å². The van der Waals surface area contributed by atoms with Crippen LogP contribution >= 0.6 is 0 Å². The second-order valence-corrected chi connectivity index (χ2v) is 4.16. The van der Waals surface area contributed by atoms with Crippen molar-refractivity contribution in [1.29, 1.82) is 0 Å². The molecule has 0 heterocycles. The van der Waals surface area contributed by atoms with Gasteiger partial charge in [0.25, 0.3) is 0 Å². The van der Waals surface area contributed by atoms with E-state index in [4.69, 9.17) is 9.84 Å². The van der Waals surface area contributed by atoms with Gasteiger partial charge in [-0.1, -0.05) is 24.3 Å². The standard InChI is InChI=1S/C15H17FO4/c1-2-20-15(19)5-3-4-11-6-7-12(13(16)10-11)8-9-14(17)18/h3-4,6-7,10H,2,5,8-9H2,1H3,(H,17,18). The summed E-state index contributed by atoms with van der Waals surface area (Å²) in [6.07, 6.45) is 3.42. The molecule has 0 unspecified atom stereocenters. The quantitative estimate of drug-likeness (QED) is 0.780. The molecule has 108 valence electrons. The van der Waals surface area contributed by atoms with Crippen LogP contribution in [0, 0.1) is 5.82 Å². The molecule has 0 aliphatic heterocycles. The van der Waals surface area contributed by atoms with Crippen molar-refractivity contribution in [2.24, 2.45) is 0 Å². The van der Waals surface area contributed by atoms with Crippen molar-refractivity contribution in [3.8, 4) is 0 Å². The van der Waals surface area contributed by atoms with Gasteiger partial charge in [-0.3, -0.25) is 9.59 Å². The molecule has 0 saturated heterocycles. The molecule has 1 aromatic rings. The van der Waals surface area contributed by atoms with E-state index in [0.717, 1.165) is 0 Å². The fourth-order valence-corrected chi connectivity index (χ4v) is 1.62. The van der Waals surface area contributed by atoms with E-state index in [1.165, 1.54) is 6.07 Å². The first-order chi connectivity index (χ1) is 9.52. The first-order valence-corrected chi connectivity index (χ1v) is 6.35. The van der Waals surface area contributed by atoms with E-state index in [2.05, 4.69) is 0 Å². The lowest BCUT2D eigenvalue weighted by Crippen LogP contribution is -2.01. The predicted molar refractivity (Wildman–Crippen MR) is 72.6 cm³/mol. The third kappa shape index (κ3) is 5.65. The largest absolute Gasteiger partial charge is 0.481 e. The lowest BCUT2D eigenvalue weighted by atomic mass is 10.1. The monoisotopic (exact) mass is 280 g/mol. The van der Waals surface area contributed by atoms with Crippen molar-refractivity contribution in [2.45, 2.75) is 26.2 Å². The minimum Gasteiger partial charge on any atom is -0.481 e. The van der Waals surface area contributed by atoms with Crippen molar-refractivity contribution < 1.29 is 23.8 Å². The molecular formula is C15H17FO4. The zero-order chi connectivity index (χ0) is 15.0. The molecule has 0 aliphatic carbocycles.